The molecule has 1 aliphatic heterocycles. The Kier molecular flexibility index (Phi) is 8.04. The van der Waals surface area contributed by atoms with E-state index in [1.807, 2.05) is 6.92 Å². The van der Waals surface area contributed by atoms with Crippen molar-refractivity contribution in [2.24, 2.45) is 5.92 Å². The van der Waals surface area contributed by atoms with Crippen molar-refractivity contribution >= 4 is 11.7 Å². The van der Waals surface area contributed by atoms with Gasteiger partial charge in [0.2, 0.25) is 5.91 Å². The second kappa shape index (κ2) is 9.26. The highest BCUT2D eigenvalue weighted by molar-refractivity contribution is 5.77. The molecule has 1 aliphatic rings. The van der Waals surface area contributed by atoms with Crippen molar-refractivity contribution in [2.75, 3.05) is 32.8 Å². The van der Waals surface area contributed by atoms with Crippen LogP contribution in [0.15, 0.2) is 0 Å². The molecule has 1 N–H and O–H groups in total. The van der Waals surface area contributed by atoms with Crippen LogP contribution in [0.3, 0.4) is 0 Å². The predicted molar refractivity (Wildman–Crippen MR) is 87.8 cm³/mol. The molecule has 0 spiro atoms. The molecule has 0 unspecified atom stereocenters. The Morgan fingerprint density at radius 1 is 1.23 bits per heavy atom. The molecule has 0 aromatic carbocycles. The SMILES string of the molecule is CC(=O)[C@H](C)CCCCC(=O)NCC(C)(C)N1CCOCC1. The average Bonchev–Trinajstić information content (AvgIpc) is 2.50. The highest BCUT2D eigenvalue weighted by atomic mass is 16.5. The summed E-state index contributed by atoms with van der Waals surface area (Å²) in [4.78, 5) is 25.4. The lowest BCUT2D eigenvalue weighted by atomic mass is 9.99. The van der Waals surface area contributed by atoms with Crippen LogP contribution < -0.4 is 5.32 Å². The molecule has 22 heavy (non-hydrogen) atoms. The summed E-state index contributed by atoms with van der Waals surface area (Å²) in [7, 11) is 0. The predicted octanol–water partition coefficient (Wildman–Crippen LogP) is 2.00. The van der Waals surface area contributed by atoms with E-state index in [1.54, 1.807) is 6.92 Å². The largest absolute Gasteiger partial charge is 0.379 e. The van der Waals surface area contributed by atoms with Gasteiger partial charge in [0.15, 0.2) is 0 Å². The zero-order valence-corrected chi connectivity index (χ0v) is 14.6. The molecule has 0 aromatic heterocycles. The summed E-state index contributed by atoms with van der Waals surface area (Å²) in [5.41, 5.74) is -0.0391. The molecule has 1 amide bonds. The van der Waals surface area contributed by atoms with E-state index in [1.165, 1.54) is 0 Å². The number of amides is 1. The summed E-state index contributed by atoms with van der Waals surface area (Å²) in [6.45, 7) is 11.9. The number of carbonyl (C=O) groups is 2. The third kappa shape index (κ3) is 6.88. The van der Waals surface area contributed by atoms with Gasteiger partial charge in [0.25, 0.3) is 0 Å². The fourth-order valence-corrected chi connectivity index (χ4v) is 2.62. The summed E-state index contributed by atoms with van der Waals surface area (Å²) in [6.07, 6.45) is 3.20. The van der Waals surface area contributed by atoms with E-state index >= 15 is 0 Å². The fourth-order valence-electron chi connectivity index (χ4n) is 2.62. The molecule has 1 fully saturated rings. The Hall–Kier alpha value is -0.940. The molecule has 0 saturated carbocycles. The quantitative estimate of drug-likeness (QED) is 0.662. The third-order valence-electron chi connectivity index (χ3n) is 4.57. The van der Waals surface area contributed by atoms with E-state index in [-0.39, 0.29) is 23.1 Å². The van der Waals surface area contributed by atoms with E-state index in [2.05, 4.69) is 24.1 Å². The van der Waals surface area contributed by atoms with Crippen LogP contribution in [0.2, 0.25) is 0 Å². The van der Waals surface area contributed by atoms with Gasteiger partial charge in [-0.15, -0.1) is 0 Å². The maximum absolute atomic E-state index is 11.9. The number of Topliss-reactive ketones (excluding diaryl/α,β-unsaturated/α-hetero) is 1. The maximum Gasteiger partial charge on any atom is 0.220 e. The van der Waals surface area contributed by atoms with Gasteiger partial charge in [0, 0.05) is 37.5 Å². The van der Waals surface area contributed by atoms with Crippen molar-refractivity contribution in [2.45, 2.75) is 58.9 Å². The number of rotatable bonds is 9. The van der Waals surface area contributed by atoms with Crippen molar-refractivity contribution in [1.82, 2.24) is 10.2 Å². The van der Waals surface area contributed by atoms with E-state index < -0.39 is 0 Å². The zero-order valence-electron chi connectivity index (χ0n) is 14.6. The normalized spacial score (nSPS) is 18.0. The topological polar surface area (TPSA) is 58.6 Å². The van der Waals surface area contributed by atoms with Gasteiger partial charge in [-0.05, 0) is 33.6 Å². The lowest BCUT2D eigenvalue weighted by Crippen LogP contribution is -2.55. The van der Waals surface area contributed by atoms with E-state index in [0.717, 1.165) is 45.6 Å². The van der Waals surface area contributed by atoms with Crippen LogP contribution in [0.25, 0.3) is 0 Å². The molecule has 0 bridgehead atoms. The van der Waals surface area contributed by atoms with Crippen molar-refractivity contribution in [1.29, 1.82) is 0 Å². The Morgan fingerprint density at radius 2 is 1.86 bits per heavy atom. The molecule has 1 saturated heterocycles. The van der Waals surface area contributed by atoms with Gasteiger partial charge in [0.05, 0.1) is 13.2 Å². The van der Waals surface area contributed by atoms with Crippen LogP contribution in [0.4, 0.5) is 0 Å². The average molecular weight is 312 g/mol. The highest BCUT2D eigenvalue weighted by Gasteiger charge is 2.28. The number of hydrogen-bond donors (Lipinski definition) is 1. The number of carbonyl (C=O) groups excluding carboxylic acids is 2. The third-order valence-corrected chi connectivity index (χ3v) is 4.57. The number of ether oxygens (including phenoxy) is 1. The Bertz CT molecular complexity index is 363. The molecular weight excluding hydrogens is 280 g/mol. The van der Waals surface area contributed by atoms with Gasteiger partial charge >= 0.3 is 0 Å². The molecule has 0 aromatic rings. The monoisotopic (exact) mass is 312 g/mol. The maximum atomic E-state index is 11.9. The first kappa shape index (κ1) is 19.1. The number of morpholine rings is 1. The lowest BCUT2D eigenvalue weighted by Gasteiger charge is -2.40. The molecule has 1 heterocycles. The van der Waals surface area contributed by atoms with Crippen molar-refractivity contribution in [3.63, 3.8) is 0 Å². The minimum atomic E-state index is -0.0391. The van der Waals surface area contributed by atoms with Gasteiger partial charge in [-0.1, -0.05) is 13.3 Å². The second-order valence-corrected chi connectivity index (χ2v) is 6.95. The van der Waals surface area contributed by atoms with Gasteiger partial charge in [-0.3, -0.25) is 14.5 Å². The number of ketones is 1. The summed E-state index contributed by atoms with van der Waals surface area (Å²) < 4.78 is 5.37. The van der Waals surface area contributed by atoms with Gasteiger partial charge in [0.1, 0.15) is 5.78 Å². The van der Waals surface area contributed by atoms with Gasteiger partial charge in [-0.25, -0.2) is 0 Å². The number of nitrogens with one attached hydrogen (secondary N) is 1. The summed E-state index contributed by atoms with van der Waals surface area (Å²) in [6, 6.07) is 0. The van der Waals surface area contributed by atoms with E-state index in [9.17, 15) is 9.59 Å². The van der Waals surface area contributed by atoms with Crippen LogP contribution in [0.5, 0.6) is 0 Å². The number of nitrogens with zero attached hydrogens (tertiary/aromatic N) is 1. The lowest BCUT2D eigenvalue weighted by molar-refractivity contribution is -0.122. The first-order valence-electron chi connectivity index (χ1n) is 8.43. The molecule has 128 valence electrons. The Labute approximate surface area is 134 Å². The molecule has 1 atom stereocenters. The first-order chi connectivity index (χ1) is 10.3. The molecule has 5 nitrogen and oxygen atoms in total. The standard InChI is InChI=1S/C17H32N2O3/c1-14(15(2)20)7-5-6-8-16(21)18-13-17(3,4)19-9-11-22-12-10-19/h14H,5-13H2,1-4H3,(H,18,21)/t14-/m1/s1. The summed E-state index contributed by atoms with van der Waals surface area (Å²) in [5, 5.41) is 3.04. The van der Waals surface area contributed by atoms with Crippen molar-refractivity contribution < 1.29 is 14.3 Å². The molecule has 1 rings (SSSR count). The molecular formula is C17H32N2O3. The van der Waals surface area contributed by atoms with Crippen LogP contribution >= 0.6 is 0 Å². The van der Waals surface area contributed by atoms with Gasteiger partial charge < -0.3 is 10.1 Å². The first-order valence-corrected chi connectivity index (χ1v) is 8.43. The minimum absolute atomic E-state index is 0.0391. The van der Waals surface area contributed by atoms with Crippen LogP contribution in [0.1, 0.15) is 53.4 Å². The Morgan fingerprint density at radius 3 is 2.45 bits per heavy atom. The number of unbranched alkanes of at least 4 members (excludes halogenated alkanes) is 1. The minimum Gasteiger partial charge on any atom is -0.379 e. The van der Waals surface area contributed by atoms with Crippen molar-refractivity contribution in [3.8, 4) is 0 Å². The fraction of sp³-hybridized carbons (Fsp3) is 0.882. The molecule has 0 radical (unpaired) electrons. The Balaban J connectivity index is 2.17. The zero-order chi connectivity index (χ0) is 16.6. The summed E-state index contributed by atoms with van der Waals surface area (Å²) >= 11 is 0. The highest BCUT2D eigenvalue weighted by Crippen LogP contribution is 2.15. The summed E-state index contributed by atoms with van der Waals surface area (Å²) in [5.74, 6) is 0.455. The van der Waals surface area contributed by atoms with E-state index in [4.69, 9.17) is 4.74 Å². The van der Waals surface area contributed by atoms with E-state index in [0.29, 0.717) is 13.0 Å². The van der Waals surface area contributed by atoms with Gasteiger partial charge in [-0.2, -0.15) is 0 Å². The van der Waals surface area contributed by atoms with Crippen LogP contribution in [-0.2, 0) is 14.3 Å². The molecule has 5 heteroatoms. The second-order valence-electron chi connectivity index (χ2n) is 6.95. The van der Waals surface area contributed by atoms with Crippen LogP contribution in [0, 0.1) is 5.92 Å². The molecule has 0 aliphatic carbocycles. The number of hydrogen-bond acceptors (Lipinski definition) is 4. The van der Waals surface area contributed by atoms with Crippen molar-refractivity contribution in [3.05, 3.63) is 0 Å². The smallest absolute Gasteiger partial charge is 0.220 e. The van der Waals surface area contributed by atoms with Crippen LogP contribution in [-0.4, -0.2) is 55.0 Å².